The van der Waals surface area contributed by atoms with E-state index in [1.54, 1.807) is 24.3 Å². The molecule has 5 aromatic rings. The van der Waals surface area contributed by atoms with Gasteiger partial charge in [-0.25, -0.2) is 4.57 Å². The zero-order valence-corrected chi connectivity index (χ0v) is 27.5. The van der Waals surface area contributed by atoms with Crippen LogP contribution in [0.3, 0.4) is 0 Å². The van der Waals surface area contributed by atoms with E-state index in [2.05, 4.69) is 26.3 Å². The molecule has 232 valence electrons. The van der Waals surface area contributed by atoms with Crippen molar-refractivity contribution in [3.05, 3.63) is 188 Å². The number of benzene rings is 5. The molecule has 0 saturated carbocycles. The highest BCUT2D eigenvalue weighted by Crippen LogP contribution is 2.50. The number of hydrogen-bond donors (Lipinski definition) is 0. The zero-order valence-electron chi connectivity index (χ0n) is 25.7. The van der Waals surface area contributed by atoms with Gasteiger partial charge in [-0.3, -0.25) is 9.09 Å². The molecule has 1 atom stereocenters. The predicted octanol–water partition coefficient (Wildman–Crippen LogP) is 9.73. The van der Waals surface area contributed by atoms with Crippen LogP contribution in [-0.2, 0) is 22.7 Å². The Kier molecular flexibility index (Phi) is 11.7. The summed E-state index contributed by atoms with van der Waals surface area (Å²) in [6.45, 7) is 15.3. The fourth-order valence-corrected chi connectivity index (χ4v) is 7.68. The summed E-state index contributed by atoms with van der Waals surface area (Å²) in [7, 11) is -5.36. The Balaban J connectivity index is 0.000000212. The highest BCUT2D eigenvalue weighted by Gasteiger charge is 2.31. The quantitative estimate of drug-likeness (QED) is 0.0998. The summed E-state index contributed by atoms with van der Waals surface area (Å²) in [6, 6.07) is 42.4. The molecule has 0 spiro atoms. The molecule has 0 N–H and O–H groups in total. The van der Waals surface area contributed by atoms with Crippen LogP contribution >= 0.6 is 15.0 Å². The molecule has 0 amide bonds. The second-order valence-corrected chi connectivity index (χ2v) is 14.3. The Bertz CT molecular complexity index is 1820. The number of rotatable bonds is 12. The highest BCUT2D eigenvalue weighted by molar-refractivity contribution is 7.74. The monoisotopic (exact) mass is 646 g/mol. The minimum absolute atomic E-state index is 0.314. The first kappa shape index (κ1) is 34.0. The molecule has 0 aliphatic rings. The van der Waals surface area contributed by atoms with Crippen LogP contribution in [0.1, 0.15) is 22.3 Å². The van der Waals surface area contributed by atoms with Gasteiger partial charge in [-0.2, -0.15) is 0 Å². The molecule has 0 aliphatic carbocycles. The van der Waals surface area contributed by atoms with Gasteiger partial charge in [0.15, 0.2) is 0 Å². The second kappa shape index (κ2) is 15.9. The van der Waals surface area contributed by atoms with Gasteiger partial charge in [-0.1, -0.05) is 142 Å². The second-order valence-electron chi connectivity index (χ2n) is 9.92. The molecule has 0 radical (unpaired) electrons. The van der Waals surface area contributed by atoms with Crippen molar-refractivity contribution < 1.29 is 22.7 Å². The Morgan fingerprint density at radius 1 is 0.522 bits per heavy atom. The van der Waals surface area contributed by atoms with Crippen molar-refractivity contribution in [2.45, 2.75) is 0 Å². The van der Waals surface area contributed by atoms with E-state index in [9.17, 15) is 9.13 Å². The topological polar surface area (TPSA) is 61.8 Å². The lowest BCUT2D eigenvalue weighted by Gasteiger charge is -2.21. The normalized spacial score (nSPS) is 11.9. The number of hydrogen-bond acceptors (Lipinski definition) is 5. The molecular weight excluding hydrogens is 610 g/mol. The average Bonchev–Trinajstić information content (AvgIpc) is 3.13. The van der Waals surface area contributed by atoms with Gasteiger partial charge in [-0.05, 0) is 47.5 Å². The molecule has 0 heterocycles. The van der Waals surface area contributed by atoms with Crippen LogP contribution in [0.25, 0.3) is 23.7 Å². The van der Waals surface area contributed by atoms with E-state index in [1.165, 1.54) is 7.11 Å². The lowest BCUT2D eigenvalue weighted by molar-refractivity contribution is 0.321. The summed E-state index contributed by atoms with van der Waals surface area (Å²) in [5.41, 5.74) is 3.49. The summed E-state index contributed by atoms with van der Waals surface area (Å²) in [6.07, 6.45) is 3.48. The first-order valence-corrected chi connectivity index (χ1v) is 17.5. The summed E-state index contributed by atoms with van der Waals surface area (Å²) in [5.74, 6) is 0.695. The SMILES string of the molecule is C=Cc1ccc(C(=C)OP(=O)(c2ccccc2)c2ccccc2)cc1.C=Cc1ccc(P(=O)(OC)OC(=C)c2ccccc2)cc1. The van der Waals surface area contributed by atoms with Gasteiger partial charge in [-0.15, -0.1) is 0 Å². The minimum Gasteiger partial charge on any atom is -0.437 e. The largest absolute Gasteiger partial charge is 0.437 e. The van der Waals surface area contributed by atoms with Crippen molar-refractivity contribution in [2.75, 3.05) is 7.11 Å². The van der Waals surface area contributed by atoms with E-state index in [0.29, 0.717) is 27.4 Å². The van der Waals surface area contributed by atoms with Crippen LogP contribution in [0.2, 0.25) is 0 Å². The first-order chi connectivity index (χ1) is 22.2. The summed E-state index contributed by atoms with van der Waals surface area (Å²) >= 11 is 0. The minimum atomic E-state index is -3.44. The third kappa shape index (κ3) is 8.41. The fraction of sp³-hybridized carbons (Fsp3) is 0.0256. The summed E-state index contributed by atoms with van der Waals surface area (Å²) in [4.78, 5) is 0. The third-order valence-electron chi connectivity index (χ3n) is 6.91. The Morgan fingerprint density at radius 3 is 1.35 bits per heavy atom. The van der Waals surface area contributed by atoms with Crippen LogP contribution in [0.15, 0.2) is 166 Å². The van der Waals surface area contributed by atoms with Crippen LogP contribution < -0.4 is 15.9 Å². The lowest BCUT2D eigenvalue weighted by atomic mass is 10.1. The third-order valence-corrected chi connectivity index (χ3v) is 11.2. The Hall–Kier alpha value is -4.92. The molecule has 7 heteroatoms. The van der Waals surface area contributed by atoms with E-state index in [1.807, 2.05) is 127 Å². The maximum absolute atomic E-state index is 13.8. The molecule has 0 saturated heterocycles. The van der Waals surface area contributed by atoms with Crippen LogP contribution in [0.5, 0.6) is 0 Å². The van der Waals surface area contributed by atoms with Crippen LogP contribution in [0.4, 0.5) is 0 Å². The van der Waals surface area contributed by atoms with Crippen molar-refractivity contribution in [3.8, 4) is 0 Å². The zero-order chi connectivity index (χ0) is 33.0. The molecule has 46 heavy (non-hydrogen) atoms. The van der Waals surface area contributed by atoms with Gasteiger partial charge in [0.25, 0.3) is 0 Å². The Labute approximate surface area is 271 Å². The van der Waals surface area contributed by atoms with Crippen LogP contribution in [-0.4, -0.2) is 7.11 Å². The molecule has 5 rings (SSSR count). The molecular formula is C39H36O5P2. The van der Waals surface area contributed by atoms with Crippen molar-refractivity contribution in [3.63, 3.8) is 0 Å². The molecule has 5 aromatic carbocycles. The van der Waals surface area contributed by atoms with Gasteiger partial charge >= 0.3 is 15.0 Å². The van der Waals surface area contributed by atoms with Crippen molar-refractivity contribution in [1.29, 1.82) is 0 Å². The van der Waals surface area contributed by atoms with E-state index in [-0.39, 0.29) is 0 Å². The average molecular weight is 647 g/mol. The van der Waals surface area contributed by atoms with Gasteiger partial charge in [0, 0.05) is 18.2 Å². The Morgan fingerprint density at radius 2 is 0.913 bits per heavy atom. The highest BCUT2D eigenvalue weighted by atomic mass is 31.2. The van der Waals surface area contributed by atoms with Crippen molar-refractivity contribution in [2.24, 2.45) is 0 Å². The summed E-state index contributed by atoms with van der Waals surface area (Å²) in [5, 5.41) is 1.77. The predicted molar refractivity (Wildman–Crippen MR) is 194 cm³/mol. The standard InChI is InChI=1S/C22H19O2P.C17H17O3P/c1-3-19-14-16-20(17-15-19)18(2)24-25(23,21-10-6-4-7-11-21)22-12-8-5-9-13-22;1-4-15-10-12-17(13-11-15)21(18,19-3)20-14(2)16-8-6-5-7-9-16/h3-17H,1-2H2;4-13H,1-2H2,3H3. The molecule has 0 fully saturated rings. The molecule has 0 aromatic heterocycles. The van der Waals surface area contributed by atoms with Gasteiger partial charge < -0.3 is 9.05 Å². The van der Waals surface area contributed by atoms with Gasteiger partial charge in [0.05, 0.1) is 15.9 Å². The smallest absolute Gasteiger partial charge is 0.410 e. The van der Waals surface area contributed by atoms with Crippen molar-refractivity contribution >= 4 is 54.5 Å². The fourth-order valence-electron chi connectivity index (χ4n) is 4.33. The maximum atomic E-state index is 13.8. The molecule has 0 bridgehead atoms. The van der Waals surface area contributed by atoms with Crippen LogP contribution in [0, 0.1) is 0 Å². The first-order valence-electron chi connectivity index (χ1n) is 14.4. The van der Waals surface area contributed by atoms with E-state index in [4.69, 9.17) is 13.6 Å². The van der Waals surface area contributed by atoms with E-state index >= 15 is 0 Å². The van der Waals surface area contributed by atoms with E-state index in [0.717, 1.165) is 22.3 Å². The van der Waals surface area contributed by atoms with Crippen molar-refractivity contribution in [1.82, 2.24) is 0 Å². The molecule has 1 unspecified atom stereocenters. The molecule has 0 aliphatic heterocycles. The summed E-state index contributed by atoms with van der Waals surface area (Å²) < 4.78 is 43.3. The molecule has 5 nitrogen and oxygen atoms in total. The van der Waals surface area contributed by atoms with Gasteiger partial charge in [0.2, 0.25) is 0 Å². The van der Waals surface area contributed by atoms with Gasteiger partial charge in [0.1, 0.15) is 11.5 Å². The lowest BCUT2D eigenvalue weighted by Crippen LogP contribution is -2.17. The maximum Gasteiger partial charge on any atom is 0.410 e. The van der Waals surface area contributed by atoms with E-state index < -0.39 is 15.0 Å².